The Hall–Kier alpha value is -7.60. The van der Waals surface area contributed by atoms with Gasteiger partial charge < -0.3 is 9.80 Å². The number of nitrogens with zero attached hydrogens (tertiary/aromatic N) is 2. The molecule has 0 saturated carbocycles. The Morgan fingerprint density at radius 1 is 0.333 bits per heavy atom. The molecule has 0 atom stereocenters. The first-order valence-corrected chi connectivity index (χ1v) is 34.0. The van der Waals surface area contributed by atoms with Crippen LogP contribution in [0.2, 0.25) is 0 Å². The average molecular weight is 1190 g/mol. The molecule has 0 fully saturated rings. The summed E-state index contributed by atoms with van der Waals surface area (Å²) in [6.45, 7) is 16.4. The van der Waals surface area contributed by atoms with Crippen molar-refractivity contribution in [3.05, 3.63) is 220 Å². The summed E-state index contributed by atoms with van der Waals surface area (Å²) in [4.78, 5) is 5.40. The van der Waals surface area contributed by atoms with Crippen molar-refractivity contribution >= 4 is 184 Å². The molecule has 0 radical (unpaired) electrons. The summed E-state index contributed by atoms with van der Waals surface area (Å²) >= 11 is 11.3. The highest BCUT2D eigenvalue weighted by atomic mass is 32.1. The largest absolute Gasteiger partial charge is 0.303 e. The molecule has 8 heterocycles. The third kappa shape index (κ3) is 7.82. The molecule has 2 nitrogen and oxygen atoms in total. The van der Waals surface area contributed by atoms with E-state index in [1.807, 2.05) is 68.0 Å². The summed E-state index contributed by atoms with van der Waals surface area (Å²) in [7, 11) is 0. The van der Waals surface area contributed by atoms with Crippen LogP contribution < -0.4 is 26.2 Å². The number of hydrogen-bond acceptors (Lipinski definition) is 8. The second kappa shape index (κ2) is 18.7. The average Bonchev–Trinajstić information content (AvgIpc) is 1.64. The van der Waals surface area contributed by atoms with Crippen molar-refractivity contribution in [3.63, 3.8) is 0 Å². The summed E-state index contributed by atoms with van der Waals surface area (Å²) in [5, 5.41) is 20.0. The van der Waals surface area contributed by atoms with Crippen LogP contribution in [0.3, 0.4) is 0 Å². The van der Waals surface area contributed by atoms with Gasteiger partial charge in [-0.3, -0.25) is 0 Å². The van der Waals surface area contributed by atoms with Crippen LogP contribution in [0, 0.1) is 6.92 Å². The Morgan fingerprint density at radius 2 is 0.667 bits per heavy atom. The number of thiophene rings is 6. The minimum atomic E-state index is -0.0605. The van der Waals surface area contributed by atoms with E-state index in [2.05, 4.69) is 262 Å². The third-order valence-electron chi connectivity index (χ3n) is 17.7. The van der Waals surface area contributed by atoms with Gasteiger partial charge in [0.2, 0.25) is 0 Å². The first-order chi connectivity index (χ1) is 40.8. The second-order valence-corrected chi connectivity index (χ2v) is 30.7. The van der Waals surface area contributed by atoms with E-state index in [1.54, 1.807) is 0 Å². The fourth-order valence-electron chi connectivity index (χ4n) is 13.5. The van der Waals surface area contributed by atoms with Crippen LogP contribution in [0.1, 0.15) is 58.2 Å². The molecule has 0 aliphatic carbocycles. The molecule has 15 aromatic rings. The minimum Gasteiger partial charge on any atom is -0.303 e. The molecule has 84 heavy (non-hydrogen) atoms. The van der Waals surface area contributed by atoms with Crippen LogP contribution in [0.25, 0.3) is 105 Å². The van der Waals surface area contributed by atoms with Crippen molar-refractivity contribution in [3.8, 4) is 44.5 Å². The predicted molar refractivity (Wildman–Crippen MR) is 377 cm³/mol. The lowest BCUT2D eigenvalue weighted by Crippen LogP contribution is -2.60. The number of hydrogen-bond donors (Lipinski definition) is 0. The topological polar surface area (TPSA) is 6.48 Å². The normalized spacial score (nSPS) is 13.3. The van der Waals surface area contributed by atoms with Gasteiger partial charge >= 0.3 is 0 Å². The standard InChI is InChI=1S/C75H55BN2S6/c1-42-28-61-71-62(29-42)78(50-34-45(59-40-81-65-22-14-10-18-53(59)65)31-46(35-50)60-41-82-66-23-15-11-19-54(60)66)73-70(56-37-48(75(5,6)7)25-27-68(56)84-73)76(71)69-55-36-47(74(2,3)4)24-26-67(55)83-72(69)77(61)49-32-43(57-38-79-63-20-12-8-16-51(57)63)30-44(33-49)58-39-80-64-21-13-9-17-52(58)64/h8-41H,1-7H3. The van der Waals surface area contributed by atoms with Gasteiger partial charge in [0.1, 0.15) is 0 Å². The smallest absolute Gasteiger partial charge is 0.256 e. The summed E-state index contributed by atoms with van der Waals surface area (Å²) < 4.78 is 7.84. The van der Waals surface area contributed by atoms with Crippen molar-refractivity contribution in [2.24, 2.45) is 0 Å². The molecule has 0 N–H and O–H groups in total. The molecule has 6 aromatic heterocycles. The monoisotopic (exact) mass is 1190 g/mol. The van der Waals surface area contributed by atoms with E-state index in [9.17, 15) is 0 Å². The molecule has 0 spiro atoms. The maximum atomic E-state index is 2.70. The fourth-order valence-corrected chi connectivity index (χ4v) is 19.9. The quantitative estimate of drug-likeness (QED) is 0.153. The molecule has 0 unspecified atom stereocenters. The lowest BCUT2D eigenvalue weighted by atomic mass is 9.33. The van der Waals surface area contributed by atoms with E-state index in [0.29, 0.717) is 0 Å². The van der Waals surface area contributed by atoms with Gasteiger partial charge in [0.05, 0.1) is 10.0 Å². The zero-order chi connectivity index (χ0) is 56.5. The molecule has 0 bridgehead atoms. The predicted octanol–water partition coefficient (Wildman–Crippen LogP) is 22.6. The molecular formula is C75H55BN2S6. The number of anilines is 6. The summed E-state index contributed by atoms with van der Waals surface area (Å²) in [5.41, 5.74) is 22.8. The Labute approximate surface area is 513 Å². The van der Waals surface area contributed by atoms with Gasteiger partial charge in [0.15, 0.2) is 0 Å². The van der Waals surface area contributed by atoms with Crippen molar-refractivity contribution in [1.82, 2.24) is 0 Å². The molecule has 17 rings (SSSR count). The zero-order valence-corrected chi connectivity index (χ0v) is 52.5. The highest BCUT2D eigenvalue weighted by Gasteiger charge is 2.47. The molecule has 2 aliphatic heterocycles. The Bertz CT molecular complexity index is 4730. The molecule has 0 saturated heterocycles. The van der Waals surface area contributed by atoms with Gasteiger partial charge in [-0.2, -0.15) is 0 Å². The molecule has 9 heteroatoms. The molecular weight excluding hydrogens is 1130 g/mol. The van der Waals surface area contributed by atoms with Gasteiger partial charge in [0.25, 0.3) is 6.71 Å². The number of aryl methyl sites for hydroxylation is 1. The minimum absolute atomic E-state index is 0.0527. The van der Waals surface area contributed by atoms with E-state index < -0.39 is 0 Å². The number of fused-ring (bicyclic) bond motifs is 12. The number of benzene rings is 9. The SMILES string of the molecule is Cc1cc2c3c(c1)N(c1cc(-c4csc5ccccc45)cc(-c4csc5ccccc45)c1)c1sc4ccc(C(C)(C)C)cc4c1B3c1c(sc3ccc(C(C)(C)C)cc13)N2c1cc(-c2csc3ccccc23)cc(-c2csc3ccccc23)c1. The van der Waals surface area contributed by atoms with Crippen molar-refractivity contribution in [2.75, 3.05) is 9.80 Å². The maximum absolute atomic E-state index is 2.70. The van der Waals surface area contributed by atoms with E-state index in [0.717, 1.165) is 0 Å². The Kier molecular flexibility index (Phi) is 11.3. The van der Waals surface area contributed by atoms with Crippen LogP contribution in [-0.4, -0.2) is 6.71 Å². The van der Waals surface area contributed by atoms with E-state index in [4.69, 9.17) is 0 Å². The Morgan fingerprint density at radius 3 is 1.00 bits per heavy atom. The van der Waals surface area contributed by atoms with Gasteiger partial charge in [0, 0.05) is 94.7 Å². The molecule has 2 aliphatic rings. The molecule has 404 valence electrons. The van der Waals surface area contributed by atoms with Crippen molar-refractivity contribution < 1.29 is 0 Å². The summed E-state index contributed by atoms with van der Waals surface area (Å²) in [6, 6.07) is 70.4. The van der Waals surface area contributed by atoms with Gasteiger partial charge in [-0.1, -0.05) is 139 Å². The van der Waals surface area contributed by atoms with E-state index in [-0.39, 0.29) is 17.5 Å². The van der Waals surface area contributed by atoms with Crippen LogP contribution >= 0.6 is 68.0 Å². The summed E-state index contributed by atoms with van der Waals surface area (Å²) in [5.74, 6) is 0. The Balaban J connectivity index is 1.00. The lowest BCUT2D eigenvalue weighted by Gasteiger charge is -2.42. The number of rotatable bonds is 6. The molecule has 9 aromatic carbocycles. The first kappa shape index (κ1) is 50.9. The highest BCUT2D eigenvalue weighted by Crippen LogP contribution is 2.54. The summed E-state index contributed by atoms with van der Waals surface area (Å²) in [6.07, 6.45) is 0. The highest BCUT2D eigenvalue weighted by molar-refractivity contribution is 7.29. The van der Waals surface area contributed by atoms with Gasteiger partial charge in [-0.25, -0.2) is 0 Å². The second-order valence-electron chi connectivity index (χ2n) is 25.0. The van der Waals surface area contributed by atoms with Crippen molar-refractivity contribution in [2.45, 2.75) is 59.3 Å². The first-order valence-electron chi connectivity index (χ1n) is 28.8. The van der Waals surface area contributed by atoms with Crippen LogP contribution in [0.4, 0.5) is 32.8 Å². The zero-order valence-electron chi connectivity index (χ0n) is 47.6. The maximum Gasteiger partial charge on any atom is 0.256 e. The van der Waals surface area contributed by atoms with E-state index in [1.165, 1.54) is 171 Å². The van der Waals surface area contributed by atoms with Crippen molar-refractivity contribution in [1.29, 1.82) is 0 Å². The molecule has 0 amide bonds. The van der Waals surface area contributed by atoms with Crippen LogP contribution in [0.15, 0.2) is 204 Å². The fraction of sp³-hybridized carbons (Fsp3) is 0.120. The third-order valence-corrected chi connectivity index (χ3v) is 23.9. The van der Waals surface area contributed by atoms with Gasteiger partial charge in [-0.05, 0) is 190 Å². The van der Waals surface area contributed by atoms with Crippen LogP contribution in [0.5, 0.6) is 0 Å². The van der Waals surface area contributed by atoms with Crippen LogP contribution in [-0.2, 0) is 10.8 Å². The van der Waals surface area contributed by atoms with Gasteiger partial charge in [-0.15, -0.1) is 68.0 Å². The lowest BCUT2D eigenvalue weighted by molar-refractivity contribution is 0.591. The van der Waals surface area contributed by atoms with E-state index >= 15 is 0 Å².